The molecule has 0 amide bonds. The second-order valence-electron chi connectivity index (χ2n) is 35.3. The van der Waals surface area contributed by atoms with Crippen molar-refractivity contribution in [3.8, 4) is 67.5 Å². The molecule has 30 aromatic rings. The smallest absolute Gasteiger partial charge is 0.145 e. The first kappa shape index (κ1) is 75.8. The highest BCUT2D eigenvalue weighted by molar-refractivity contribution is 6.27. The van der Waals surface area contributed by atoms with Gasteiger partial charge in [-0.1, -0.05) is 291 Å². The van der Waals surface area contributed by atoms with Crippen LogP contribution in [0.25, 0.3) is 264 Å². The van der Waals surface area contributed by atoms with E-state index < -0.39 is 0 Å². The molecule has 135 heavy (non-hydrogen) atoms. The van der Waals surface area contributed by atoms with Crippen LogP contribution in [-0.2, 0) is 0 Å². The molecule has 0 atom stereocenters. The molecule has 9 aromatic heterocycles. The third kappa shape index (κ3) is 11.9. The maximum Gasteiger partial charge on any atom is 0.145 e. The molecule has 0 unspecified atom stereocenters. The van der Waals surface area contributed by atoms with Crippen LogP contribution in [-0.4, -0.2) is 27.4 Å². The predicted octanol–water partition coefficient (Wildman–Crippen LogP) is 34.3. The van der Waals surface area contributed by atoms with Gasteiger partial charge in [0.1, 0.15) is 33.5 Å². The van der Waals surface area contributed by atoms with Crippen LogP contribution in [0, 0.1) is 0 Å². The van der Waals surface area contributed by atoms with Gasteiger partial charge in [0, 0.05) is 120 Å². The van der Waals surface area contributed by atoms with Crippen molar-refractivity contribution in [2.24, 2.45) is 0 Å². The van der Waals surface area contributed by atoms with Crippen molar-refractivity contribution in [2.45, 2.75) is 0 Å². The van der Waals surface area contributed by atoms with Gasteiger partial charge >= 0.3 is 0 Å². The highest BCUT2D eigenvalue weighted by Crippen LogP contribution is 2.47. The van der Waals surface area contributed by atoms with Crippen molar-refractivity contribution < 1.29 is 13.3 Å². The number of hydrogen-bond acceptors (Lipinski definition) is 3. The lowest BCUT2D eigenvalue weighted by atomic mass is 10.0. The zero-order valence-electron chi connectivity index (χ0n) is 72.9. The lowest BCUT2D eigenvalue weighted by Gasteiger charge is -2.12. The van der Waals surface area contributed by atoms with Crippen LogP contribution in [0.5, 0.6) is 0 Å². The monoisotopic (exact) mass is 1720 g/mol. The van der Waals surface area contributed by atoms with E-state index in [0.717, 1.165) is 111 Å². The van der Waals surface area contributed by atoms with E-state index in [1.165, 1.54) is 153 Å². The second kappa shape index (κ2) is 30.2. The normalized spacial score (nSPS) is 12.0. The second-order valence-corrected chi connectivity index (χ2v) is 35.3. The summed E-state index contributed by atoms with van der Waals surface area (Å²) >= 11 is 0. The third-order valence-electron chi connectivity index (χ3n) is 28.0. The molecule has 9 nitrogen and oxygen atoms in total. The van der Waals surface area contributed by atoms with E-state index in [2.05, 4.69) is 476 Å². The molecule has 0 N–H and O–H groups in total. The van der Waals surface area contributed by atoms with Crippen LogP contribution in [0.4, 0.5) is 0 Å². The fourth-order valence-corrected chi connectivity index (χ4v) is 22.0. The average molecular weight is 1720 g/mol. The maximum atomic E-state index is 6.48. The molecule has 0 spiro atoms. The molecule has 0 aliphatic heterocycles. The minimum atomic E-state index is 0.909. The van der Waals surface area contributed by atoms with Crippen LogP contribution in [0.15, 0.2) is 486 Å². The lowest BCUT2D eigenvalue weighted by Crippen LogP contribution is -1.95. The van der Waals surface area contributed by atoms with Crippen LogP contribution >= 0.6 is 0 Å². The van der Waals surface area contributed by atoms with Gasteiger partial charge < -0.3 is 40.7 Å². The molecule has 0 aliphatic rings. The molecular weight excluding hydrogens is 1650 g/mol. The number of benzene rings is 21. The Morgan fingerprint density at radius 3 is 0.859 bits per heavy atom. The number of nitrogens with zero attached hydrogens (tertiary/aromatic N) is 6. The van der Waals surface area contributed by atoms with Gasteiger partial charge in [-0.2, -0.15) is 0 Å². The summed E-state index contributed by atoms with van der Waals surface area (Å²) < 4.78 is 33.3. The van der Waals surface area contributed by atoms with Crippen LogP contribution < -0.4 is 0 Å². The summed E-state index contributed by atoms with van der Waals surface area (Å²) in [5.41, 5.74) is 33.9. The summed E-state index contributed by atoms with van der Waals surface area (Å²) in [6.07, 6.45) is 0. The number of furan rings is 3. The van der Waals surface area contributed by atoms with Crippen molar-refractivity contribution in [1.29, 1.82) is 0 Å². The number of para-hydroxylation sites is 12. The summed E-state index contributed by atoms with van der Waals surface area (Å²) in [5.74, 6) is 0. The van der Waals surface area contributed by atoms with Crippen LogP contribution in [0.2, 0.25) is 0 Å². The fourth-order valence-electron chi connectivity index (χ4n) is 22.0. The zero-order valence-corrected chi connectivity index (χ0v) is 72.9. The molecule has 0 saturated heterocycles. The molecule has 21 aromatic carbocycles. The van der Waals surface area contributed by atoms with Crippen molar-refractivity contribution in [3.05, 3.63) is 473 Å². The summed E-state index contributed by atoms with van der Waals surface area (Å²) in [6, 6.07) is 170. The van der Waals surface area contributed by atoms with Crippen LogP contribution in [0.3, 0.4) is 0 Å². The van der Waals surface area contributed by atoms with E-state index in [1.54, 1.807) is 0 Å². The molecule has 9 heterocycles. The topological polar surface area (TPSA) is 69.0 Å². The van der Waals surface area contributed by atoms with Gasteiger partial charge in [0.2, 0.25) is 0 Å². The van der Waals surface area contributed by atoms with Crippen molar-refractivity contribution in [2.75, 3.05) is 0 Å². The SMILES string of the molecule is c1cc(-c2ccc(-n3c4ccccc4c4c5oc6ccccc6c5ccc43)cc2)cc(-n2c3ccccc3c3ccccc32)c1.c1cc(-c2ccc(-n3c4ccccc4c4cc5oc6ccccc6c5cc43)cc2)cc(-n2c3ccccc3c3ccccc32)c1.c1cc(-c2ccc(-n3c4ccccc4c4ccc5oc6ccccc6c5c43)cc2)cc(-n2c3ccccc3c3ccccc32)c1. The van der Waals surface area contributed by atoms with Gasteiger partial charge in [-0.15, -0.1) is 0 Å². The Morgan fingerprint density at radius 2 is 0.430 bits per heavy atom. The molecule has 0 fully saturated rings. The first-order chi connectivity index (χ1) is 67.0. The number of fused-ring (bicyclic) bond motifs is 29. The van der Waals surface area contributed by atoms with Gasteiger partial charge in [-0.25, -0.2) is 0 Å². The molecule has 0 aliphatic carbocycles. The Bertz CT molecular complexity index is 9940. The largest absolute Gasteiger partial charge is 0.456 e. The minimum absolute atomic E-state index is 0.909. The van der Waals surface area contributed by atoms with E-state index in [0.29, 0.717) is 0 Å². The fraction of sp³-hybridized carbons (Fsp3) is 0. The number of hydrogen-bond donors (Lipinski definition) is 0. The zero-order chi connectivity index (χ0) is 88.5. The Balaban J connectivity index is 0.000000101. The summed E-state index contributed by atoms with van der Waals surface area (Å²) in [6.45, 7) is 0. The van der Waals surface area contributed by atoms with E-state index >= 15 is 0 Å². The highest BCUT2D eigenvalue weighted by Gasteiger charge is 2.25. The van der Waals surface area contributed by atoms with E-state index in [-0.39, 0.29) is 0 Å². The highest BCUT2D eigenvalue weighted by atomic mass is 16.3. The molecular formula is C126H78N6O3. The Kier molecular flexibility index (Phi) is 17.0. The minimum Gasteiger partial charge on any atom is -0.456 e. The molecule has 0 bridgehead atoms. The van der Waals surface area contributed by atoms with Gasteiger partial charge in [-0.3, -0.25) is 0 Å². The molecule has 0 saturated carbocycles. The number of rotatable bonds is 9. The Hall–Kier alpha value is -18.2. The van der Waals surface area contributed by atoms with Crippen molar-refractivity contribution in [3.63, 3.8) is 0 Å². The van der Waals surface area contributed by atoms with E-state index in [1.807, 2.05) is 24.3 Å². The first-order valence-electron chi connectivity index (χ1n) is 46.1. The summed E-state index contributed by atoms with van der Waals surface area (Å²) in [7, 11) is 0. The van der Waals surface area contributed by atoms with E-state index in [4.69, 9.17) is 13.3 Å². The Morgan fingerprint density at radius 1 is 0.126 bits per heavy atom. The summed E-state index contributed by atoms with van der Waals surface area (Å²) in [5, 5.41) is 21.7. The quantitative estimate of drug-likeness (QED) is 0.145. The molecule has 630 valence electrons. The molecule has 30 rings (SSSR count). The third-order valence-corrected chi connectivity index (χ3v) is 28.0. The van der Waals surface area contributed by atoms with Crippen molar-refractivity contribution in [1.82, 2.24) is 27.4 Å². The summed E-state index contributed by atoms with van der Waals surface area (Å²) in [4.78, 5) is 0. The van der Waals surface area contributed by atoms with E-state index in [9.17, 15) is 0 Å². The van der Waals surface area contributed by atoms with Crippen molar-refractivity contribution >= 4 is 197 Å². The van der Waals surface area contributed by atoms with Gasteiger partial charge in [0.05, 0.1) is 77.0 Å². The van der Waals surface area contributed by atoms with Gasteiger partial charge in [0.15, 0.2) is 0 Å². The average Bonchev–Trinajstić information content (AvgIpc) is 1.56. The van der Waals surface area contributed by atoms with Gasteiger partial charge in [-0.05, 0) is 215 Å². The Labute approximate surface area is 772 Å². The molecule has 0 radical (unpaired) electrons. The predicted molar refractivity (Wildman–Crippen MR) is 564 cm³/mol. The molecule has 9 heteroatoms. The first-order valence-corrected chi connectivity index (χ1v) is 46.1. The van der Waals surface area contributed by atoms with Gasteiger partial charge in [0.25, 0.3) is 0 Å². The van der Waals surface area contributed by atoms with Crippen LogP contribution in [0.1, 0.15) is 0 Å². The number of aromatic nitrogens is 6. The standard InChI is InChI=1S/3C42H26N2O/c1-5-16-36-31(12-1)32-13-2-6-17-37(32)44(36)30-11-9-10-28(26-30)27-20-22-29(23-21-27)43-38-18-7-3-15-35(38)41-39(43)25-24-34-33-14-4-8-19-40(33)45-42(34)41;1-5-16-37-31(12-1)32-13-2-6-17-38(32)44(37)30-11-9-10-28(24-30)27-20-22-29(23-21-27)43-39-18-7-3-14-33(39)35-26-42-36(25-40(35)43)34-15-4-8-19-41(34)45-42;1-5-16-36-31(12-1)32-13-2-6-17-37(32)43(36)30-11-9-10-28(26-30)27-20-22-29(23-21-27)44-38-18-7-3-14-33(38)34-24-25-40-41(42(34)44)35-15-4-8-19-39(35)45-40/h3*1-26H. The lowest BCUT2D eigenvalue weighted by molar-refractivity contribution is 0.669. The maximum absolute atomic E-state index is 6.48.